The molecule has 5 nitrogen and oxygen atoms in total. The zero-order valence-electron chi connectivity index (χ0n) is 10.9. The molecule has 3 aromatic rings. The molecule has 21 heavy (non-hydrogen) atoms. The molecule has 1 aromatic heterocycles. The Morgan fingerprint density at radius 3 is 2.48 bits per heavy atom. The molecule has 2 N–H and O–H groups in total. The SMILES string of the molecule is O=c1cc(-c2ccccc2)oc2cccc(OC(O)O)c12. The molecule has 0 aliphatic rings. The molecule has 0 bridgehead atoms. The summed E-state index contributed by atoms with van der Waals surface area (Å²) in [5.74, 6) is 0.505. The molecule has 0 saturated carbocycles. The Balaban J connectivity index is 2.20. The fourth-order valence-electron chi connectivity index (χ4n) is 2.13. The van der Waals surface area contributed by atoms with E-state index in [9.17, 15) is 4.79 Å². The number of hydrogen-bond donors (Lipinski definition) is 2. The fourth-order valence-corrected chi connectivity index (χ4v) is 2.13. The van der Waals surface area contributed by atoms with Gasteiger partial charge in [-0.2, -0.15) is 0 Å². The second kappa shape index (κ2) is 5.40. The lowest BCUT2D eigenvalue weighted by Gasteiger charge is -2.10. The van der Waals surface area contributed by atoms with E-state index in [0.29, 0.717) is 11.3 Å². The number of aliphatic hydroxyl groups is 2. The maximum atomic E-state index is 12.3. The van der Waals surface area contributed by atoms with E-state index in [1.54, 1.807) is 12.1 Å². The number of ether oxygens (including phenoxy) is 1. The molecule has 0 radical (unpaired) electrons. The zero-order chi connectivity index (χ0) is 14.8. The standard InChI is InChI=1S/C16H12O5/c17-11-9-14(10-5-2-1-3-6-10)20-12-7-4-8-13(15(11)12)21-16(18)19/h1-9,16,18-19H. The van der Waals surface area contributed by atoms with Crippen LogP contribution < -0.4 is 10.2 Å². The lowest BCUT2D eigenvalue weighted by Crippen LogP contribution is -2.15. The molecule has 0 spiro atoms. The molecule has 0 amide bonds. The topological polar surface area (TPSA) is 79.9 Å². The van der Waals surface area contributed by atoms with Gasteiger partial charge >= 0.3 is 6.48 Å². The van der Waals surface area contributed by atoms with Crippen LogP contribution in [-0.4, -0.2) is 16.7 Å². The average molecular weight is 284 g/mol. The Labute approximate surface area is 119 Å². The summed E-state index contributed by atoms with van der Waals surface area (Å²) < 4.78 is 10.5. The number of hydrogen-bond acceptors (Lipinski definition) is 5. The van der Waals surface area contributed by atoms with E-state index in [1.807, 2.05) is 30.3 Å². The molecule has 0 fully saturated rings. The number of aliphatic hydroxyl groups excluding tert-OH is 1. The molecule has 1 heterocycles. The molecular weight excluding hydrogens is 272 g/mol. The van der Waals surface area contributed by atoms with Crippen LogP contribution in [0.4, 0.5) is 0 Å². The molecular formula is C16H12O5. The van der Waals surface area contributed by atoms with Crippen molar-refractivity contribution in [2.75, 3.05) is 0 Å². The van der Waals surface area contributed by atoms with Gasteiger partial charge in [0.1, 0.15) is 22.5 Å². The van der Waals surface area contributed by atoms with Crippen LogP contribution in [0.15, 0.2) is 63.8 Å². The summed E-state index contributed by atoms with van der Waals surface area (Å²) in [7, 11) is 0. The predicted molar refractivity (Wildman–Crippen MR) is 76.8 cm³/mol. The van der Waals surface area contributed by atoms with E-state index in [4.69, 9.17) is 19.4 Å². The minimum Gasteiger partial charge on any atom is -0.456 e. The van der Waals surface area contributed by atoms with E-state index in [-0.39, 0.29) is 16.6 Å². The van der Waals surface area contributed by atoms with E-state index in [1.165, 1.54) is 12.1 Å². The lowest BCUT2D eigenvalue weighted by molar-refractivity contribution is -0.178. The molecule has 3 rings (SSSR count). The fraction of sp³-hybridized carbons (Fsp3) is 0.0625. The van der Waals surface area contributed by atoms with Crippen LogP contribution >= 0.6 is 0 Å². The third kappa shape index (κ3) is 2.65. The second-order valence-corrected chi connectivity index (χ2v) is 4.41. The quantitative estimate of drug-likeness (QED) is 0.720. The van der Waals surface area contributed by atoms with Gasteiger partial charge in [-0.1, -0.05) is 36.4 Å². The van der Waals surface area contributed by atoms with E-state index in [0.717, 1.165) is 5.56 Å². The van der Waals surface area contributed by atoms with Gasteiger partial charge in [-0.15, -0.1) is 0 Å². The summed E-state index contributed by atoms with van der Waals surface area (Å²) in [6.45, 7) is -2.00. The van der Waals surface area contributed by atoms with E-state index in [2.05, 4.69) is 0 Å². The summed E-state index contributed by atoms with van der Waals surface area (Å²) in [6, 6.07) is 15.3. The highest BCUT2D eigenvalue weighted by atomic mass is 16.7. The minimum absolute atomic E-state index is 0.0656. The van der Waals surface area contributed by atoms with Crippen molar-refractivity contribution < 1.29 is 19.4 Å². The Morgan fingerprint density at radius 1 is 1.00 bits per heavy atom. The van der Waals surface area contributed by atoms with E-state index < -0.39 is 6.48 Å². The Kier molecular flexibility index (Phi) is 3.43. The summed E-state index contributed by atoms with van der Waals surface area (Å²) >= 11 is 0. The largest absolute Gasteiger partial charge is 0.456 e. The lowest BCUT2D eigenvalue weighted by atomic mass is 10.1. The highest BCUT2D eigenvalue weighted by Gasteiger charge is 2.12. The normalized spacial score (nSPS) is 11.0. The minimum atomic E-state index is -2.00. The van der Waals surface area contributed by atoms with Crippen molar-refractivity contribution in [3.8, 4) is 17.1 Å². The number of fused-ring (bicyclic) bond motifs is 1. The van der Waals surface area contributed by atoms with Crippen LogP contribution in [0.1, 0.15) is 0 Å². The van der Waals surface area contributed by atoms with Gasteiger partial charge in [0.15, 0.2) is 5.43 Å². The van der Waals surface area contributed by atoms with Crippen molar-refractivity contribution in [2.45, 2.75) is 6.48 Å². The third-order valence-electron chi connectivity index (χ3n) is 3.01. The first-order valence-corrected chi connectivity index (χ1v) is 6.30. The zero-order valence-corrected chi connectivity index (χ0v) is 10.9. The molecule has 5 heteroatoms. The number of rotatable bonds is 3. The summed E-state index contributed by atoms with van der Waals surface area (Å²) in [4.78, 5) is 12.3. The average Bonchev–Trinajstić information content (AvgIpc) is 2.47. The van der Waals surface area contributed by atoms with Gasteiger partial charge in [-0.3, -0.25) is 4.79 Å². The second-order valence-electron chi connectivity index (χ2n) is 4.41. The van der Waals surface area contributed by atoms with Gasteiger partial charge in [0, 0.05) is 11.6 Å². The van der Waals surface area contributed by atoms with Crippen LogP contribution in [0.2, 0.25) is 0 Å². The highest BCUT2D eigenvalue weighted by molar-refractivity contribution is 5.84. The summed E-state index contributed by atoms with van der Waals surface area (Å²) in [5, 5.41) is 18.0. The molecule has 0 aliphatic carbocycles. The third-order valence-corrected chi connectivity index (χ3v) is 3.01. The molecule has 0 unspecified atom stereocenters. The molecule has 0 atom stereocenters. The first-order chi connectivity index (χ1) is 10.1. The van der Waals surface area contributed by atoms with Crippen LogP contribution in [-0.2, 0) is 0 Å². The maximum absolute atomic E-state index is 12.3. The Hall–Kier alpha value is -2.63. The van der Waals surface area contributed by atoms with Crippen molar-refractivity contribution in [1.82, 2.24) is 0 Å². The van der Waals surface area contributed by atoms with Gasteiger partial charge in [0.2, 0.25) is 0 Å². The molecule has 0 saturated heterocycles. The van der Waals surface area contributed by atoms with Crippen LogP contribution in [0.25, 0.3) is 22.3 Å². The van der Waals surface area contributed by atoms with Gasteiger partial charge < -0.3 is 19.4 Å². The molecule has 106 valence electrons. The summed E-state index contributed by atoms with van der Waals surface area (Å²) in [5.41, 5.74) is 0.788. The Morgan fingerprint density at radius 2 is 1.76 bits per heavy atom. The van der Waals surface area contributed by atoms with Crippen LogP contribution in [0, 0.1) is 0 Å². The molecule has 2 aromatic carbocycles. The van der Waals surface area contributed by atoms with Gasteiger partial charge in [-0.25, -0.2) is 0 Å². The first kappa shape index (κ1) is 13.4. The number of benzene rings is 2. The smallest absolute Gasteiger partial charge is 0.310 e. The molecule has 0 aliphatic heterocycles. The van der Waals surface area contributed by atoms with Crippen LogP contribution in [0.3, 0.4) is 0 Å². The van der Waals surface area contributed by atoms with Gasteiger partial charge in [-0.05, 0) is 12.1 Å². The van der Waals surface area contributed by atoms with Crippen molar-refractivity contribution in [3.63, 3.8) is 0 Å². The van der Waals surface area contributed by atoms with Crippen molar-refractivity contribution in [2.24, 2.45) is 0 Å². The van der Waals surface area contributed by atoms with Crippen molar-refractivity contribution in [1.29, 1.82) is 0 Å². The van der Waals surface area contributed by atoms with Crippen molar-refractivity contribution in [3.05, 3.63) is 64.8 Å². The first-order valence-electron chi connectivity index (χ1n) is 6.30. The van der Waals surface area contributed by atoms with E-state index >= 15 is 0 Å². The predicted octanol–water partition coefficient (Wildman–Crippen LogP) is 2.11. The van der Waals surface area contributed by atoms with Crippen LogP contribution in [0.5, 0.6) is 5.75 Å². The Bertz CT molecular complexity index is 821. The van der Waals surface area contributed by atoms with Crippen molar-refractivity contribution >= 4 is 11.0 Å². The maximum Gasteiger partial charge on any atom is 0.310 e. The monoisotopic (exact) mass is 284 g/mol. The van der Waals surface area contributed by atoms with Gasteiger partial charge in [0.25, 0.3) is 0 Å². The highest BCUT2D eigenvalue weighted by Crippen LogP contribution is 2.27. The van der Waals surface area contributed by atoms with Gasteiger partial charge in [0.05, 0.1) is 0 Å². The summed E-state index contributed by atoms with van der Waals surface area (Å²) in [6.07, 6.45) is 0.